The second-order valence-corrected chi connectivity index (χ2v) is 7.66. The molecule has 1 aliphatic heterocycles. The van der Waals surface area contributed by atoms with Crippen LogP contribution >= 0.6 is 0 Å². The number of hydrogen-bond acceptors (Lipinski definition) is 4. The highest BCUT2D eigenvalue weighted by Crippen LogP contribution is 2.52. The maximum Gasteiger partial charge on any atom is 0.233 e. The number of fused-ring (bicyclic) bond motifs is 1. The molecular weight excluding hydrogens is 352 g/mol. The number of carbonyl (C=O) groups excluding carboxylic acids is 1. The SMILES string of the molecule is COc1ccc2[nH]cc(C3(C(=O)N4CCN(c5ccccn5)CC4)CC3)c2c1. The van der Waals surface area contributed by atoms with Crippen molar-refractivity contribution >= 4 is 22.6 Å². The Hall–Kier alpha value is -3.02. The summed E-state index contributed by atoms with van der Waals surface area (Å²) in [6.07, 6.45) is 5.66. The first-order valence-corrected chi connectivity index (χ1v) is 9.82. The number of pyridine rings is 1. The molecule has 1 aliphatic carbocycles. The van der Waals surface area contributed by atoms with Gasteiger partial charge in [0.2, 0.25) is 5.91 Å². The number of aromatic nitrogens is 2. The van der Waals surface area contributed by atoms with Crippen LogP contribution in [0.1, 0.15) is 18.4 Å². The number of carbonyl (C=O) groups is 1. The number of methoxy groups -OCH3 is 1. The van der Waals surface area contributed by atoms with Crippen molar-refractivity contribution in [3.8, 4) is 5.75 Å². The fourth-order valence-electron chi connectivity index (χ4n) is 4.33. The molecule has 0 bridgehead atoms. The summed E-state index contributed by atoms with van der Waals surface area (Å²) >= 11 is 0. The summed E-state index contributed by atoms with van der Waals surface area (Å²) in [5.74, 6) is 2.07. The fourth-order valence-corrected chi connectivity index (χ4v) is 4.33. The Balaban J connectivity index is 1.36. The normalized spacial score (nSPS) is 18.3. The van der Waals surface area contributed by atoms with Crippen molar-refractivity contribution in [1.82, 2.24) is 14.9 Å². The quantitative estimate of drug-likeness (QED) is 0.761. The van der Waals surface area contributed by atoms with Crippen molar-refractivity contribution in [1.29, 1.82) is 0 Å². The number of aromatic amines is 1. The van der Waals surface area contributed by atoms with Gasteiger partial charge in [-0.25, -0.2) is 4.98 Å². The van der Waals surface area contributed by atoms with E-state index < -0.39 is 0 Å². The molecule has 1 amide bonds. The van der Waals surface area contributed by atoms with E-state index in [4.69, 9.17) is 4.74 Å². The number of H-pyrrole nitrogens is 1. The van der Waals surface area contributed by atoms with E-state index in [1.54, 1.807) is 7.11 Å². The zero-order valence-electron chi connectivity index (χ0n) is 16.0. The number of rotatable bonds is 4. The summed E-state index contributed by atoms with van der Waals surface area (Å²) in [5, 5.41) is 1.09. The smallest absolute Gasteiger partial charge is 0.233 e. The van der Waals surface area contributed by atoms with E-state index in [1.165, 1.54) is 0 Å². The van der Waals surface area contributed by atoms with Crippen LogP contribution in [0.3, 0.4) is 0 Å². The minimum Gasteiger partial charge on any atom is -0.497 e. The van der Waals surface area contributed by atoms with Crippen molar-refractivity contribution in [3.05, 3.63) is 54.4 Å². The molecular formula is C22H24N4O2. The van der Waals surface area contributed by atoms with E-state index in [0.717, 1.165) is 67.1 Å². The van der Waals surface area contributed by atoms with Crippen molar-refractivity contribution in [3.63, 3.8) is 0 Å². The molecule has 1 N–H and O–H groups in total. The van der Waals surface area contributed by atoms with Gasteiger partial charge in [-0.05, 0) is 48.7 Å². The molecule has 144 valence electrons. The van der Waals surface area contributed by atoms with Crippen molar-refractivity contribution in [2.45, 2.75) is 18.3 Å². The van der Waals surface area contributed by atoms with E-state index in [0.29, 0.717) is 0 Å². The summed E-state index contributed by atoms with van der Waals surface area (Å²) in [4.78, 5) is 25.5. The van der Waals surface area contributed by atoms with Gasteiger partial charge in [0.05, 0.1) is 12.5 Å². The Morgan fingerprint density at radius 2 is 1.96 bits per heavy atom. The van der Waals surface area contributed by atoms with Gasteiger partial charge in [-0.2, -0.15) is 0 Å². The summed E-state index contributed by atoms with van der Waals surface area (Å²) < 4.78 is 5.39. The molecule has 2 aromatic heterocycles. The Morgan fingerprint density at radius 3 is 2.64 bits per heavy atom. The minimum absolute atomic E-state index is 0.261. The number of hydrogen-bond donors (Lipinski definition) is 1. The Bertz CT molecular complexity index is 1000. The number of nitrogens with zero attached hydrogens (tertiary/aromatic N) is 3. The average molecular weight is 376 g/mol. The third kappa shape index (κ3) is 2.71. The summed E-state index contributed by atoms with van der Waals surface area (Å²) in [6, 6.07) is 12.0. The van der Waals surface area contributed by atoms with Gasteiger partial charge in [0, 0.05) is 49.5 Å². The predicted octanol–water partition coefficient (Wildman–Crippen LogP) is 2.95. The molecule has 0 unspecified atom stereocenters. The van der Waals surface area contributed by atoms with Gasteiger partial charge in [-0.15, -0.1) is 0 Å². The number of benzene rings is 1. The van der Waals surface area contributed by atoms with Gasteiger partial charge in [0.1, 0.15) is 11.6 Å². The van der Waals surface area contributed by atoms with Crippen LogP contribution in [-0.2, 0) is 10.2 Å². The lowest BCUT2D eigenvalue weighted by Crippen LogP contribution is -2.51. The maximum atomic E-state index is 13.5. The highest BCUT2D eigenvalue weighted by atomic mass is 16.5. The van der Waals surface area contributed by atoms with Gasteiger partial charge < -0.3 is 19.5 Å². The number of ether oxygens (including phenoxy) is 1. The van der Waals surface area contributed by atoms with Crippen LogP contribution in [0.15, 0.2) is 48.8 Å². The van der Waals surface area contributed by atoms with Crippen molar-refractivity contribution < 1.29 is 9.53 Å². The van der Waals surface area contributed by atoms with Gasteiger partial charge >= 0.3 is 0 Å². The monoisotopic (exact) mass is 376 g/mol. The van der Waals surface area contributed by atoms with Gasteiger partial charge in [0.25, 0.3) is 0 Å². The van der Waals surface area contributed by atoms with Crippen LogP contribution in [0.4, 0.5) is 5.82 Å². The molecule has 5 rings (SSSR count). The van der Waals surface area contributed by atoms with E-state index >= 15 is 0 Å². The first-order valence-electron chi connectivity index (χ1n) is 9.82. The van der Waals surface area contributed by atoms with E-state index in [9.17, 15) is 4.79 Å². The molecule has 6 heteroatoms. The molecule has 0 spiro atoms. The average Bonchev–Trinajstić information content (AvgIpc) is 3.46. The van der Waals surface area contributed by atoms with Crippen LogP contribution in [0.2, 0.25) is 0 Å². The second kappa shape index (κ2) is 6.55. The second-order valence-electron chi connectivity index (χ2n) is 7.66. The molecule has 1 saturated heterocycles. The van der Waals surface area contributed by atoms with Crippen LogP contribution in [0, 0.1) is 0 Å². The lowest BCUT2D eigenvalue weighted by Gasteiger charge is -2.37. The molecule has 3 heterocycles. The number of piperazine rings is 1. The molecule has 6 nitrogen and oxygen atoms in total. The Kier molecular flexibility index (Phi) is 4.00. The van der Waals surface area contributed by atoms with E-state index in [1.807, 2.05) is 53.7 Å². The first-order chi connectivity index (χ1) is 13.7. The first kappa shape index (κ1) is 17.1. The molecule has 1 aromatic carbocycles. The zero-order chi connectivity index (χ0) is 19.1. The molecule has 1 saturated carbocycles. The predicted molar refractivity (Wildman–Crippen MR) is 109 cm³/mol. The molecule has 2 fully saturated rings. The lowest BCUT2D eigenvalue weighted by molar-refractivity contribution is -0.134. The minimum atomic E-state index is -0.377. The number of amides is 1. The van der Waals surface area contributed by atoms with Gasteiger partial charge in [-0.3, -0.25) is 4.79 Å². The zero-order valence-corrected chi connectivity index (χ0v) is 16.0. The van der Waals surface area contributed by atoms with Gasteiger partial charge in [-0.1, -0.05) is 6.07 Å². The highest BCUT2D eigenvalue weighted by molar-refractivity contribution is 5.98. The molecule has 28 heavy (non-hydrogen) atoms. The molecule has 3 aromatic rings. The summed E-state index contributed by atoms with van der Waals surface area (Å²) in [7, 11) is 1.67. The van der Waals surface area contributed by atoms with Crippen molar-refractivity contribution in [2.24, 2.45) is 0 Å². The third-order valence-corrected chi connectivity index (χ3v) is 6.10. The fraction of sp³-hybridized carbons (Fsp3) is 0.364. The molecule has 0 atom stereocenters. The molecule has 0 radical (unpaired) electrons. The summed E-state index contributed by atoms with van der Waals surface area (Å²) in [5.41, 5.74) is 1.78. The largest absolute Gasteiger partial charge is 0.497 e. The van der Waals surface area contributed by atoms with Gasteiger partial charge in [0.15, 0.2) is 0 Å². The van der Waals surface area contributed by atoms with Crippen LogP contribution in [0.25, 0.3) is 10.9 Å². The lowest BCUT2D eigenvalue weighted by atomic mass is 9.93. The number of nitrogens with one attached hydrogen (secondary N) is 1. The topological polar surface area (TPSA) is 61.5 Å². The van der Waals surface area contributed by atoms with E-state index in [2.05, 4.69) is 14.9 Å². The van der Waals surface area contributed by atoms with E-state index in [-0.39, 0.29) is 11.3 Å². The van der Waals surface area contributed by atoms with Crippen LogP contribution in [0.5, 0.6) is 5.75 Å². The maximum absolute atomic E-state index is 13.5. The van der Waals surface area contributed by atoms with Crippen molar-refractivity contribution in [2.75, 3.05) is 38.2 Å². The molecule has 2 aliphatic rings. The Labute approximate surface area is 164 Å². The highest BCUT2D eigenvalue weighted by Gasteiger charge is 2.54. The van der Waals surface area contributed by atoms with Crippen LogP contribution in [-0.4, -0.2) is 54.1 Å². The third-order valence-electron chi connectivity index (χ3n) is 6.10. The van der Waals surface area contributed by atoms with Crippen LogP contribution < -0.4 is 9.64 Å². The Morgan fingerprint density at radius 1 is 1.14 bits per heavy atom. The number of anilines is 1. The summed E-state index contributed by atoms with van der Waals surface area (Å²) in [6.45, 7) is 3.12. The standard InChI is InChI=1S/C22H24N4O2/c1-28-16-5-6-19-17(14-16)18(15-24-19)22(7-8-22)21(27)26-12-10-25(11-13-26)20-4-2-3-9-23-20/h2-6,9,14-15,24H,7-8,10-13H2,1H3.